The number of carbonyl (C=O) groups is 1. The van der Waals surface area contributed by atoms with E-state index in [1.165, 1.54) is 0 Å². The molecule has 0 amide bonds. The molecule has 1 aliphatic heterocycles. The number of carbonyl (C=O) groups excluding carboxylic acids is 1. The zero-order valence-corrected chi connectivity index (χ0v) is 14.0. The van der Waals surface area contributed by atoms with Crippen LogP contribution in [0.3, 0.4) is 0 Å². The number of anilines is 1. The molecule has 7 heteroatoms. The summed E-state index contributed by atoms with van der Waals surface area (Å²) in [6.45, 7) is 3.49. The minimum absolute atomic E-state index is 0.163. The van der Waals surface area contributed by atoms with Crippen LogP contribution in [0.2, 0.25) is 5.02 Å². The number of nitrogens with one attached hydrogen (secondary N) is 1. The SMILES string of the molecule is CC(C)(CCC(=O)C1=Cc2cc(Cl)ccc2NC1O)[S@@+](N)[O-]. The van der Waals surface area contributed by atoms with Gasteiger partial charge in [0.15, 0.2) is 12.0 Å². The molecule has 120 valence electrons. The van der Waals surface area contributed by atoms with Gasteiger partial charge in [-0.15, -0.1) is 0 Å². The number of aliphatic hydroxyl groups excluding tert-OH is 1. The van der Waals surface area contributed by atoms with Crippen molar-refractivity contribution in [3.05, 3.63) is 34.4 Å². The van der Waals surface area contributed by atoms with Crippen LogP contribution in [0.1, 0.15) is 32.3 Å². The molecule has 0 radical (unpaired) electrons. The van der Waals surface area contributed by atoms with Crippen molar-refractivity contribution in [3.8, 4) is 0 Å². The number of hydrogen-bond acceptors (Lipinski definition) is 5. The van der Waals surface area contributed by atoms with Gasteiger partial charge in [0, 0.05) is 40.5 Å². The van der Waals surface area contributed by atoms with Crippen molar-refractivity contribution in [2.45, 2.75) is 37.7 Å². The van der Waals surface area contributed by atoms with Crippen molar-refractivity contribution in [1.29, 1.82) is 0 Å². The standard InChI is InChI=1S/C15H19ClN2O3S/c1-15(2,22(17)21)6-5-13(19)11-8-9-7-10(16)3-4-12(9)18-14(11)20/h3-4,7-8,14,18,20H,5-6,17H2,1-2H3/t14?,22-/m0/s1. The molecule has 1 heterocycles. The Bertz CT molecular complexity index is 617. The Morgan fingerprint density at radius 1 is 1.55 bits per heavy atom. The Hall–Kier alpha value is -1.05. The van der Waals surface area contributed by atoms with E-state index in [1.807, 2.05) is 0 Å². The third kappa shape index (κ3) is 3.83. The zero-order valence-electron chi connectivity index (χ0n) is 12.4. The predicted molar refractivity (Wildman–Crippen MR) is 89.7 cm³/mol. The highest BCUT2D eigenvalue weighted by molar-refractivity contribution is 7.90. The highest BCUT2D eigenvalue weighted by Crippen LogP contribution is 2.30. The maximum Gasteiger partial charge on any atom is 0.163 e. The highest BCUT2D eigenvalue weighted by Gasteiger charge is 2.32. The van der Waals surface area contributed by atoms with Crippen LogP contribution in [0.15, 0.2) is 23.8 Å². The second-order valence-electron chi connectivity index (χ2n) is 5.86. The van der Waals surface area contributed by atoms with Gasteiger partial charge in [0.1, 0.15) is 4.75 Å². The molecule has 0 bridgehead atoms. The minimum Gasteiger partial charge on any atom is -0.598 e. The third-order valence-corrected chi connectivity index (χ3v) is 5.26. The highest BCUT2D eigenvalue weighted by atomic mass is 35.5. The first kappa shape index (κ1) is 17.3. The van der Waals surface area contributed by atoms with Gasteiger partial charge in [-0.3, -0.25) is 4.79 Å². The van der Waals surface area contributed by atoms with E-state index in [0.29, 0.717) is 11.4 Å². The van der Waals surface area contributed by atoms with Gasteiger partial charge in [-0.05, 0) is 43.7 Å². The topological polar surface area (TPSA) is 98.4 Å². The lowest BCUT2D eigenvalue weighted by molar-refractivity contribution is -0.116. The molecule has 1 aromatic rings. The molecule has 2 rings (SSSR count). The molecule has 0 spiro atoms. The van der Waals surface area contributed by atoms with Crippen molar-refractivity contribution < 1.29 is 14.5 Å². The quantitative estimate of drug-likeness (QED) is 0.713. The summed E-state index contributed by atoms with van der Waals surface area (Å²) in [7, 11) is 0. The molecule has 22 heavy (non-hydrogen) atoms. The van der Waals surface area contributed by atoms with E-state index in [4.69, 9.17) is 16.7 Å². The number of benzene rings is 1. The Morgan fingerprint density at radius 2 is 2.23 bits per heavy atom. The average Bonchev–Trinajstić information content (AvgIpc) is 2.44. The number of aliphatic hydroxyl groups is 1. The summed E-state index contributed by atoms with van der Waals surface area (Å²) in [5.74, 6) is -0.204. The summed E-state index contributed by atoms with van der Waals surface area (Å²) in [5, 5.41) is 18.9. The molecule has 0 saturated heterocycles. The fraction of sp³-hybridized carbons (Fsp3) is 0.400. The Kier molecular flexibility index (Phi) is 5.19. The molecule has 1 aromatic carbocycles. The molecular formula is C15H19ClN2O3S. The molecule has 0 aromatic heterocycles. The van der Waals surface area contributed by atoms with E-state index in [9.17, 15) is 14.5 Å². The van der Waals surface area contributed by atoms with Crippen molar-refractivity contribution >= 4 is 40.5 Å². The number of rotatable bonds is 5. The van der Waals surface area contributed by atoms with E-state index in [-0.39, 0.29) is 17.8 Å². The van der Waals surface area contributed by atoms with Gasteiger partial charge in [-0.2, -0.15) is 5.14 Å². The number of nitrogens with two attached hydrogens (primary N) is 1. The Labute approximate surface area is 137 Å². The van der Waals surface area contributed by atoms with Crippen LogP contribution < -0.4 is 10.5 Å². The summed E-state index contributed by atoms with van der Waals surface area (Å²) < 4.78 is 10.8. The minimum atomic E-state index is -1.51. The maximum atomic E-state index is 12.3. The molecular weight excluding hydrogens is 324 g/mol. The monoisotopic (exact) mass is 342 g/mol. The summed E-state index contributed by atoms with van der Waals surface area (Å²) in [5.41, 5.74) is 1.74. The van der Waals surface area contributed by atoms with Gasteiger partial charge in [0.05, 0.1) is 0 Å². The van der Waals surface area contributed by atoms with E-state index >= 15 is 0 Å². The molecule has 0 saturated carbocycles. The first-order valence-electron chi connectivity index (χ1n) is 6.86. The normalized spacial score (nSPS) is 19.0. The third-order valence-electron chi connectivity index (χ3n) is 3.73. The van der Waals surface area contributed by atoms with Gasteiger partial charge in [-0.1, -0.05) is 11.6 Å². The smallest absolute Gasteiger partial charge is 0.163 e. The fourth-order valence-corrected chi connectivity index (χ4v) is 2.63. The molecule has 1 unspecified atom stereocenters. The Balaban J connectivity index is 2.16. The summed E-state index contributed by atoms with van der Waals surface area (Å²) in [6, 6.07) is 5.18. The number of halogens is 1. The lowest BCUT2D eigenvalue weighted by Crippen LogP contribution is -2.38. The largest absolute Gasteiger partial charge is 0.598 e. The van der Waals surface area contributed by atoms with Gasteiger partial charge >= 0.3 is 0 Å². The van der Waals surface area contributed by atoms with Crippen LogP contribution in [0.4, 0.5) is 5.69 Å². The average molecular weight is 343 g/mol. The van der Waals surface area contributed by atoms with Crippen molar-refractivity contribution in [1.82, 2.24) is 0 Å². The first-order chi connectivity index (χ1) is 10.2. The molecule has 2 atom stereocenters. The fourth-order valence-electron chi connectivity index (χ4n) is 2.15. The van der Waals surface area contributed by atoms with Crippen LogP contribution in [-0.2, 0) is 16.2 Å². The number of hydrogen-bond donors (Lipinski definition) is 3. The second kappa shape index (κ2) is 6.60. The number of Topliss-reactive ketones (excluding diaryl/α,β-unsaturated/α-hetero) is 1. The molecule has 4 N–H and O–H groups in total. The molecule has 0 fully saturated rings. The van der Waals surface area contributed by atoms with E-state index < -0.39 is 22.3 Å². The van der Waals surface area contributed by atoms with Gasteiger partial charge < -0.3 is 15.0 Å². The van der Waals surface area contributed by atoms with Gasteiger partial charge in [0.25, 0.3) is 0 Å². The maximum absolute atomic E-state index is 12.3. The predicted octanol–water partition coefficient (Wildman–Crippen LogP) is 2.22. The van der Waals surface area contributed by atoms with E-state index in [2.05, 4.69) is 5.32 Å². The molecule has 0 aliphatic carbocycles. The van der Waals surface area contributed by atoms with Crippen molar-refractivity contribution in [2.75, 3.05) is 5.32 Å². The Morgan fingerprint density at radius 3 is 2.86 bits per heavy atom. The lowest BCUT2D eigenvalue weighted by atomic mass is 9.95. The van der Waals surface area contributed by atoms with Crippen LogP contribution in [0.5, 0.6) is 0 Å². The summed E-state index contributed by atoms with van der Waals surface area (Å²) >= 11 is 4.43. The lowest BCUT2D eigenvalue weighted by Gasteiger charge is -2.26. The van der Waals surface area contributed by atoms with Crippen molar-refractivity contribution in [3.63, 3.8) is 0 Å². The van der Waals surface area contributed by atoms with Crippen molar-refractivity contribution in [2.24, 2.45) is 5.14 Å². The summed E-state index contributed by atoms with van der Waals surface area (Å²) in [4.78, 5) is 12.3. The van der Waals surface area contributed by atoms with Gasteiger partial charge in [0.2, 0.25) is 0 Å². The van der Waals surface area contributed by atoms with E-state index in [1.54, 1.807) is 38.1 Å². The van der Waals surface area contributed by atoms with Crippen LogP contribution in [0.25, 0.3) is 6.08 Å². The number of fused-ring (bicyclic) bond motifs is 1. The number of ketones is 1. The summed E-state index contributed by atoms with van der Waals surface area (Å²) in [6.07, 6.45) is 1.11. The molecule has 5 nitrogen and oxygen atoms in total. The second-order valence-corrected chi connectivity index (χ2v) is 7.99. The van der Waals surface area contributed by atoms with Crippen LogP contribution >= 0.6 is 11.6 Å². The van der Waals surface area contributed by atoms with Crippen LogP contribution in [-0.4, -0.2) is 26.4 Å². The van der Waals surface area contributed by atoms with Crippen LogP contribution in [0, 0.1) is 0 Å². The zero-order chi connectivity index (χ0) is 16.5. The first-order valence-corrected chi connectivity index (χ1v) is 8.45. The van der Waals surface area contributed by atoms with Gasteiger partial charge in [-0.25, -0.2) is 0 Å². The van der Waals surface area contributed by atoms with E-state index in [0.717, 1.165) is 11.3 Å². The molecule has 1 aliphatic rings.